The molecule has 7 nitrogen and oxygen atoms in total. The number of nitrogens with one attached hydrogen (secondary N) is 1. The maximum Gasteiger partial charge on any atom is 0.416 e. The largest absolute Gasteiger partial charge is 0.487 e. The van der Waals surface area contributed by atoms with Gasteiger partial charge in [0.05, 0.1) is 17.7 Å². The lowest BCUT2D eigenvalue weighted by Gasteiger charge is -2.47. The number of amides is 3. The molecule has 3 atom stereocenters. The van der Waals surface area contributed by atoms with Crippen molar-refractivity contribution < 1.29 is 36.6 Å². The molecule has 0 bridgehead atoms. The van der Waals surface area contributed by atoms with Crippen LogP contribution >= 0.6 is 0 Å². The number of alkyl halides is 3. The van der Waals surface area contributed by atoms with Crippen molar-refractivity contribution in [3.63, 3.8) is 0 Å². The first-order chi connectivity index (χ1) is 14.6. The summed E-state index contributed by atoms with van der Waals surface area (Å²) >= 11 is 0. The lowest BCUT2D eigenvalue weighted by molar-refractivity contribution is -0.140. The molecule has 170 valence electrons. The predicted octanol–water partition coefficient (Wildman–Crippen LogP) is 2.25. The number of benzene rings is 1. The highest BCUT2D eigenvalue weighted by Gasteiger charge is 2.41. The van der Waals surface area contributed by atoms with Gasteiger partial charge in [0.2, 0.25) is 5.91 Å². The van der Waals surface area contributed by atoms with Crippen LogP contribution in [0.25, 0.3) is 0 Å². The fourth-order valence-electron chi connectivity index (χ4n) is 4.11. The van der Waals surface area contributed by atoms with Crippen LogP contribution in [0.4, 0.5) is 22.4 Å². The van der Waals surface area contributed by atoms with Crippen LogP contribution in [0.1, 0.15) is 18.9 Å². The van der Waals surface area contributed by atoms with E-state index in [-0.39, 0.29) is 42.4 Å². The second-order valence-corrected chi connectivity index (χ2v) is 8.17. The molecule has 3 aliphatic rings. The number of carbonyl (C=O) groups excluding carboxylic acids is 2. The monoisotopic (exact) mass is 445 g/mol. The van der Waals surface area contributed by atoms with E-state index in [0.29, 0.717) is 38.7 Å². The van der Waals surface area contributed by atoms with Crippen molar-refractivity contribution in [3.05, 3.63) is 29.6 Å². The van der Waals surface area contributed by atoms with E-state index >= 15 is 0 Å². The van der Waals surface area contributed by atoms with Gasteiger partial charge in [-0.05, 0) is 31.5 Å². The number of morpholine rings is 1. The molecule has 0 saturated carbocycles. The minimum atomic E-state index is -4.62. The van der Waals surface area contributed by atoms with Crippen molar-refractivity contribution in [2.75, 3.05) is 32.8 Å². The van der Waals surface area contributed by atoms with Gasteiger partial charge in [0.25, 0.3) is 0 Å². The Morgan fingerprint density at radius 1 is 1.26 bits per heavy atom. The van der Waals surface area contributed by atoms with E-state index in [0.717, 1.165) is 12.1 Å². The third-order valence-corrected chi connectivity index (χ3v) is 6.01. The number of nitrogens with zero attached hydrogens (tertiary/aromatic N) is 2. The molecule has 0 spiro atoms. The molecular formula is C20H23F4N3O4. The van der Waals surface area contributed by atoms with Crippen molar-refractivity contribution in [2.45, 2.75) is 37.8 Å². The Bertz CT molecular complexity index is 859. The Kier molecular flexibility index (Phi) is 5.71. The van der Waals surface area contributed by atoms with Crippen LogP contribution < -0.4 is 10.1 Å². The number of halogens is 4. The summed E-state index contributed by atoms with van der Waals surface area (Å²) in [7, 11) is 0. The van der Waals surface area contributed by atoms with E-state index in [9.17, 15) is 27.2 Å². The number of rotatable bonds is 3. The molecule has 3 heterocycles. The zero-order valence-electron chi connectivity index (χ0n) is 16.8. The smallest absolute Gasteiger partial charge is 0.416 e. The summed E-state index contributed by atoms with van der Waals surface area (Å²) in [5, 5.41) is 2.85. The van der Waals surface area contributed by atoms with Gasteiger partial charge in [-0.15, -0.1) is 0 Å². The highest BCUT2D eigenvalue weighted by atomic mass is 19.4. The van der Waals surface area contributed by atoms with E-state index in [1.165, 1.54) is 0 Å². The fourth-order valence-corrected chi connectivity index (χ4v) is 4.11. The van der Waals surface area contributed by atoms with Gasteiger partial charge < -0.3 is 24.6 Å². The van der Waals surface area contributed by atoms with Crippen molar-refractivity contribution >= 4 is 11.9 Å². The van der Waals surface area contributed by atoms with Gasteiger partial charge >= 0.3 is 12.2 Å². The van der Waals surface area contributed by atoms with Gasteiger partial charge in [0.1, 0.15) is 12.7 Å². The molecule has 3 amide bonds. The summed E-state index contributed by atoms with van der Waals surface area (Å²) in [4.78, 5) is 27.6. The molecule has 1 N–H and O–H groups in total. The van der Waals surface area contributed by atoms with Crippen LogP contribution in [0.15, 0.2) is 18.2 Å². The van der Waals surface area contributed by atoms with E-state index in [1.54, 1.807) is 16.7 Å². The molecule has 1 aromatic rings. The highest BCUT2D eigenvalue weighted by Crippen LogP contribution is 2.33. The summed E-state index contributed by atoms with van der Waals surface area (Å²) in [6.45, 7) is 3.44. The average molecular weight is 445 g/mol. The Hall–Kier alpha value is -2.56. The molecule has 0 aromatic heterocycles. The number of ether oxygens (including phenoxy) is 2. The molecule has 4 rings (SSSR count). The maximum atomic E-state index is 14.0. The van der Waals surface area contributed by atoms with E-state index in [1.807, 2.05) is 0 Å². The number of piperidine rings is 1. The first-order valence-electron chi connectivity index (χ1n) is 10.1. The summed E-state index contributed by atoms with van der Waals surface area (Å²) in [5.74, 6) is -1.59. The molecule has 3 aliphatic heterocycles. The minimum Gasteiger partial charge on any atom is -0.487 e. The number of fused-ring (bicyclic) bond motifs is 1. The topological polar surface area (TPSA) is 71.1 Å². The van der Waals surface area contributed by atoms with Gasteiger partial charge in [-0.25, -0.2) is 9.18 Å². The van der Waals surface area contributed by atoms with Gasteiger partial charge in [0, 0.05) is 32.1 Å². The Morgan fingerprint density at radius 2 is 2.00 bits per heavy atom. The summed E-state index contributed by atoms with van der Waals surface area (Å²) < 4.78 is 63.0. The summed E-state index contributed by atoms with van der Waals surface area (Å²) in [5.41, 5.74) is -1.08. The maximum absolute atomic E-state index is 14.0. The third-order valence-electron chi connectivity index (χ3n) is 6.01. The number of hydrogen-bond donors (Lipinski definition) is 1. The van der Waals surface area contributed by atoms with Crippen LogP contribution in [-0.2, 0) is 15.7 Å². The van der Waals surface area contributed by atoms with E-state index < -0.39 is 23.7 Å². The molecule has 0 radical (unpaired) electrons. The van der Waals surface area contributed by atoms with Gasteiger partial charge in [-0.3, -0.25) is 4.79 Å². The van der Waals surface area contributed by atoms with Crippen LogP contribution in [0, 0.1) is 11.7 Å². The van der Waals surface area contributed by atoms with Crippen LogP contribution in [0.3, 0.4) is 0 Å². The number of urea groups is 1. The SMILES string of the molecule is C[C@H](Oc1ccc(C(F)(F)F)cc1F)C1CN(C(=O)N2CC[C@@H]3OCC(=O)N[C@@H]3C2)C1. The normalized spacial score (nSPS) is 25.4. The lowest BCUT2D eigenvalue weighted by atomic mass is 9.94. The van der Waals surface area contributed by atoms with Crippen LogP contribution in [-0.4, -0.2) is 72.8 Å². The van der Waals surface area contributed by atoms with Gasteiger partial charge in [-0.2, -0.15) is 13.2 Å². The number of carbonyl (C=O) groups is 2. The van der Waals surface area contributed by atoms with Gasteiger partial charge in [-0.1, -0.05) is 0 Å². The molecular weight excluding hydrogens is 422 g/mol. The van der Waals surface area contributed by atoms with E-state index in [2.05, 4.69) is 5.32 Å². The minimum absolute atomic E-state index is 0.0420. The first kappa shape index (κ1) is 21.7. The first-order valence-corrected chi connectivity index (χ1v) is 10.1. The lowest BCUT2D eigenvalue weighted by Crippen LogP contribution is -2.64. The number of hydrogen-bond acceptors (Lipinski definition) is 4. The molecule has 3 fully saturated rings. The zero-order valence-corrected chi connectivity index (χ0v) is 16.8. The highest BCUT2D eigenvalue weighted by molar-refractivity contribution is 5.79. The standard InChI is InChI=1S/C20H23F4N3O4/c1-11(31-16-3-2-13(6-14(16)21)20(22,23)24)12-7-27(8-12)19(29)26-5-4-17-15(9-26)25-18(28)10-30-17/h2-3,6,11-12,15,17H,4-5,7-10H2,1H3,(H,25,28)/t11-,15+,17-/m0/s1. The number of likely N-dealkylation sites (tertiary alicyclic amines) is 2. The second-order valence-electron chi connectivity index (χ2n) is 8.17. The molecule has 0 unspecified atom stereocenters. The molecule has 3 saturated heterocycles. The molecule has 0 aliphatic carbocycles. The fraction of sp³-hybridized carbons (Fsp3) is 0.600. The Labute approximate surface area is 176 Å². The van der Waals surface area contributed by atoms with Gasteiger partial charge in [0.15, 0.2) is 11.6 Å². The van der Waals surface area contributed by atoms with Crippen molar-refractivity contribution in [1.29, 1.82) is 0 Å². The second kappa shape index (κ2) is 8.18. The Morgan fingerprint density at radius 3 is 2.68 bits per heavy atom. The summed E-state index contributed by atoms with van der Waals surface area (Å²) in [6, 6.07) is 1.79. The average Bonchev–Trinajstić information content (AvgIpc) is 2.66. The quantitative estimate of drug-likeness (QED) is 0.725. The van der Waals surface area contributed by atoms with Crippen LogP contribution in [0.2, 0.25) is 0 Å². The van der Waals surface area contributed by atoms with Crippen molar-refractivity contribution in [2.24, 2.45) is 5.92 Å². The van der Waals surface area contributed by atoms with E-state index in [4.69, 9.17) is 9.47 Å². The van der Waals surface area contributed by atoms with Crippen LogP contribution in [0.5, 0.6) is 5.75 Å². The zero-order chi connectivity index (χ0) is 22.3. The van der Waals surface area contributed by atoms with Crippen molar-refractivity contribution in [3.8, 4) is 5.75 Å². The Balaban J connectivity index is 1.28. The molecule has 31 heavy (non-hydrogen) atoms. The van der Waals surface area contributed by atoms with Crippen molar-refractivity contribution in [1.82, 2.24) is 15.1 Å². The third kappa shape index (κ3) is 4.56. The predicted molar refractivity (Wildman–Crippen MR) is 99.8 cm³/mol. The summed E-state index contributed by atoms with van der Waals surface area (Å²) in [6.07, 6.45) is -4.55. The molecule has 1 aromatic carbocycles. The molecule has 11 heteroatoms.